The normalized spacial score (nSPS) is 11.5. The third kappa shape index (κ3) is 3.34. The van der Waals surface area contributed by atoms with E-state index in [2.05, 4.69) is 5.32 Å². The van der Waals surface area contributed by atoms with Crippen molar-refractivity contribution in [2.45, 2.75) is 13.0 Å². The zero-order chi connectivity index (χ0) is 15.4. The Morgan fingerprint density at radius 2 is 2.10 bits per heavy atom. The van der Waals surface area contributed by atoms with Crippen molar-refractivity contribution >= 4 is 29.1 Å². The van der Waals surface area contributed by atoms with Gasteiger partial charge in [0.15, 0.2) is 0 Å². The predicted molar refractivity (Wildman–Crippen MR) is 71.4 cm³/mol. The van der Waals surface area contributed by atoms with Gasteiger partial charge in [0, 0.05) is 19.2 Å². The molecule has 9 heteroatoms. The van der Waals surface area contributed by atoms with Gasteiger partial charge in [-0.1, -0.05) is 0 Å². The summed E-state index contributed by atoms with van der Waals surface area (Å²) in [7, 11) is 1.24. The molecule has 1 aromatic rings. The molecule has 0 aliphatic carbocycles. The zero-order valence-corrected chi connectivity index (χ0v) is 10.9. The number of carbonyl (C=O) groups is 2. The minimum atomic E-state index is -1.26. The summed E-state index contributed by atoms with van der Waals surface area (Å²) in [6, 6.07) is 2.64. The summed E-state index contributed by atoms with van der Waals surface area (Å²) in [5.74, 6) is -0.637. The molecule has 4 N–H and O–H groups in total. The van der Waals surface area contributed by atoms with Gasteiger partial charge in [0.2, 0.25) is 5.91 Å². The second-order valence-electron chi connectivity index (χ2n) is 4.09. The number of nitrogens with one attached hydrogen (secondary N) is 1. The fourth-order valence-corrected chi connectivity index (χ4v) is 1.34. The molecule has 1 atom stereocenters. The lowest BCUT2D eigenvalue weighted by molar-refractivity contribution is -0.384. The van der Waals surface area contributed by atoms with Gasteiger partial charge in [-0.15, -0.1) is 0 Å². The highest BCUT2D eigenvalue weighted by Gasteiger charge is 2.23. The van der Waals surface area contributed by atoms with Gasteiger partial charge in [-0.05, 0) is 13.0 Å². The molecule has 2 amide bonds. The van der Waals surface area contributed by atoms with Crippen LogP contribution in [0.2, 0.25) is 0 Å². The molecule has 0 fully saturated rings. The van der Waals surface area contributed by atoms with Crippen molar-refractivity contribution in [3.05, 3.63) is 28.3 Å². The van der Waals surface area contributed by atoms with E-state index in [-0.39, 0.29) is 17.1 Å². The number of carbonyl (C=O) groups excluding carboxylic acids is 1. The van der Waals surface area contributed by atoms with Gasteiger partial charge in [-0.25, -0.2) is 4.79 Å². The summed E-state index contributed by atoms with van der Waals surface area (Å²) in [6.07, 6.45) is -1.26. The van der Waals surface area contributed by atoms with Crippen LogP contribution >= 0.6 is 0 Å². The number of hydrogen-bond donors (Lipinski definition) is 3. The van der Waals surface area contributed by atoms with E-state index in [1.54, 1.807) is 0 Å². The highest BCUT2D eigenvalue weighted by molar-refractivity contribution is 5.98. The number of carboxylic acid groups (broad SMARTS) is 1. The van der Waals surface area contributed by atoms with Crippen molar-refractivity contribution in [1.29, 1.82) is 0 Å². The Balaban J connectivity index is 2.93. The molecular formula is C11H14N4O5. The SMILES string of the molecule is C[C@@H](C(=O)Nc1cc([N+](=O)[O-])ccc1N)N(C)C(=O)O. The van der Waals surface area contributed by atoms with E-state index in [0.717, 1.165) is 11.0 Å². The monoisotopic (exact) mass is 282 g/mol. The Morgan fingerprint density at radius 1 is 1.50 bits per heavy atom. The second-order valence-corrected chi connectivity index (χ2v) is 4.09. The predicted octanol–water partition coefficient (Wildman–Crippen LogP) is 1.11. The van der Waals surface area contributed by atoms with Crippen molar-refractivity contribution in [1.82, 2.24) is 4.90 Å². The molecule has 0 aliphatic heterocycles. The Hall–Kier alpha value is -2.84. The van der Waals surface area contributed by atoms with Gasteiger partial charge in [-0.3, -0.25) is 19.8 Å². The van der Waals surface area contributed by atoms with Crippen molar-refractivity contribution in [3.8, 4) is 0 Å². The van der Waals surface area contributed by atoms with E-state index < -0.39 is 23.0 Å². The number of rotatable bonds is 4. The van der Waals surface area contributed by atoms with E-state index in [1.165, 1.54) is 26.1 Å². The Labute approximate surface area is 114 Å². The van der Waals surface area contributed by atoms with E-state index in [0.29, 0.717) is 0 Å². The molecule has 0 saturated carbocycles. The van der Waals surface area contributed by atoms with Crippen LogP contribution in [-0.4, -0.2) is 40.0 Å². The van der Waals surface area contributed by atoms with Gasteiger partial charge < -0.3 is 16.2 Å². The lowest BCUT2D eigenvalue weighted by Gasteiger charge is -2.21. The maximum atomic E-state index is 11.9. The topological polar surface area (TPSA) is 139 Å². The van der Waals surface area contributed by atoms with Gasteiger partial charge >= 0.3 is 6.09 Å². The fraction of sp³-hybridized carbons (Fsp3) is 0.273. The van der Waals surface area contributed by atoms with Gasteiger partial charge in [0.1, 0.15) is 6.04 Å². The minimum Gasteiger partial charge on any atom is -0.465 e. The lowest BCUT2D eigenvalue weighted by atomic mass is 10.2. The number of nitro groups is 1. The summed E-state index contributed by atoms with van der Waals surface area (Å²) >= 11 is 0. The lowest BCUT2D eigenvalue weighted by Crippen LogP contribution is -2.42. The van der Waals surface area contributed by atoms with Crippen molar-refractivity contribution in [3.63, 3.8) is 0 Å². The molecule has 9 nitrogen and oxygen atoms in total. The van der Waals surface area contributed by atoms with Crippen LogP contribution in [-0.2, 0) is 4.79 Å². The number of non-ortho nitro benzene ring substituents is 1. The molecule has 0 aromatic heterocycles. The summed E-state index contributed by atoms with van der Waals surface area (Å²) in [5.41, 5.74) is 5.59. The van der Waals surface area contributed by atoms with Crippen molar-refractivity contribution in [2.75, 3.05) is 18.1 Å². The zero-order valence-electron chi connectivity index (χ0n) is 10.9. The van der Waals surface area contributed by atoms with Crippen LogP contribution in [0.25, 0.3) is 0 Å². The molecule has 0 bridgehead atoms. The van der Waals surface area contributed by atoms with Crippen molar-refractivity contribution < 1.29 is 19.6 Å². The highest BCUT2D eigenvalue weighted by atomic mass is 16.6. The Kier molecular flexibility index (Phi) is 4.46. The van der Waals surface area contributed by atoms with Crippen molar-refractivity contribution in [2.24, 2.45) is 0 Å². The molecule has 0 saturated heterocycles. The smallest absolute Gasteiger partial charge is 0.407 e. The maximum absolute atomic E-state index is 11.9. The molecule has 1 rings (SSSR count). The standard InChI is InChI=1S/C11H14N4O5/c1-6(14(2)11(17)18)10(16)13-9-5-7(15(19)20)3-4-8(9)12/h3-6H,12H2,1-2H3,(H,13,16)(H,17,18)/t6-/m0/s1. The largest absolute Gasteiger partial charge is 0.465 e. The second kappa shape index (κ2) is 5.87. The molecule has 20 heavy (non-hydrogen) atoms. The van der Waals surface area contributed by atoms with E-state index in [4.69, 9.17) is 10.8 Å². The molecule has 0 unspecified atom stereocenters. The third-order valence-electron chi connectivity index (χ3n) is 2.77. The number of anilines is 2. The minimum absolute atomic E-state index is 0.0647. The van der Waals surface area contributed by atoms with Crippen LogP contribution in [0.4, 0.5) is 21.9 Å². The number of nitrogens with zero attached hydrogens (tertiary/aromatic N) is 2. The fourth-order valence-electron chi connectivity index (χ4n) is 1.34. The molecule has 0 spiro atoms. The number of nitrogen functional groups attached to an aromatic ring is 1. The van der Waals surface area contributed by atoms with Gasteiger partial charge in [0.05, 0.1) is 16.3 Å². The van der Waals surface area contributed by atoms with Gasteiger partial charge in [-0.2, -0.15) is 0 Å². The average Bonchev–Trinajstić information content (AvgIpc) is 2.38. The highest BCUT2D eigenvalue weighted by Crippen LogP contribution is 2.24. The molecule has 0 aliphatic rings. The Bertz CT molecular complexity index is 560. The number of likely N-dealkylation sites (N-methyl/N-ethyl adjacent to an activating group) is 1. The average molecular weight is 282 g/mol. The summed E-state index contributed by atoms with van der Waals surface area (Å²) < 4.78 is 0. The summed E-state index contributed by atoms with van der Waals surface area (Å²) in [4.78, 5) is 33.4. The van der Waals surface area contributed by atoms with Gasteiger partial charge in [0.25, 0.3) is 5.69 Å². The first-order chi connectivity index (χ1) is 9.23. The molecule has 0 radical (unpaired) electrons. The molecule has 1 aromatic carbocycles. The van der Waals surface area contributed by atoms with E-state index in [9.17, 15) is 19.7 Å². The number of benzene rings is 1. The first-order valence-electron chi connectivity index (χ1n) is 5.54. The van der Waals surface area contributed by atoms with E-state index in [1.807, 2.05) is 0 Å². The van der Waals surface area contributed by atoms with Crippen LogP contribution < -0.4 is 11.1 Å². The van der Waals surface area contributed by atoms with Crippen LogP contribution in [0.5, 0.6) is 0 Å². The molecular weight excluding hydrogens is 268 g/mol. The van der Waals surface area contributed by atoms with Crippen LogP contribution in [0.3, 0.4) is 0 Å². The maximum Gasteiger partial charge on any atom is 0.407 e. The first-order valence-corrected chi connectivity index (χ1v) is 5.54. The third-order valence-corrected chi connectivity index (χ3v) is 2.77. The number of amides is 2. The van der Waals surface area contributed by atoms with Crippen LogP contribution in [0.1, 0.15) is 6.92 Å². The summed E-state index contributed by atoms with van der Waals surface area (Å²) in [6.45, 7) is 1.39. The first kappa shape index (κ1) is 15.2. The number of nitro benzene ring substituents is 1. The molecule has 108 valence electrons. The van der Waals surface area contributed by atoms with Crippen LogP contribution in [0, 0.1) is 10.1 Å². The number of hydrogen-bond acceptors (Lipinski definition) is 5. The number of nitrogens with two attached hydrogens (primary N) is 1. The summed E-state index contributed by atoms with van der Waals surface area (Å²) in [5, 5.41) is 21.8. The Morgan fingerprint density at radius 3 is 2.60 bits per heavy atom. The van der Waals surface area contributed by atoms with E-state index >= 15 is 0 Å². The van der Waals surface area contributed by atoms with Crippen LogP contribution in [0.15, 0.2) is 18.2 Å². The molecule has 0 heterocycles. The quantitative estimate of drug-likeness (QED) is 0.429.